The molecule has 0 spiro atoms. The molecule has 3 nitrogen and oxygen atoms in total. The second-order valence-corrected chi connectivity index (χ2v) is 5.63. The minimum Gasteiger partial charge on any atom is -0.398 e. The minimum absolute atomic E-state index is 0.0239. The van der Waals surface area contributed by atoms with E-state index in [-0.39, 0.29) is 5.78 Å². The Morgan fingerprint density at radius 3 is 2.58 bits per heavy atom. The monoisotopic (exact) mass is 260 g/mol. The molecule has 0 bridgehead atoms. The summed E-state index contributed by atoms with van der Waals surface area (Å²) in [6.45, 7) is 3.83. The van der Waals surface area contributed by atoms with Crippen LogP contribution in [0.2, 0.25) is 0 Å². The van der Waals surface area contributed by atoms with Crippen LogP contribution in [-0.4, -0.2) is 11.8 Å². The first-order chi connectivity index (χ1) is 9.10. The number of carbonyl (C=O) groups is 1. The molecule has 2 rings (SSSR count). The Bertz CT molecular complexity index is 448. The lowest BCUT2D eigenvalue weighted by Crippen LogP contribution is -2.26. The third kappa shape index (κ3) is 3.49. The third-order valence-electron chi connectivity index (χ3n) is 4.23. The van der Waals surface area contributed by atoms with Crippen LogP contribution in [0.25, 0.3) is 0 Å². The molecule has 19 heavy (non-hydrogen) atoms. The van der Waals surface area contributed by atoms with Gasteiger partial charge in [0.1, 0.15) is 0 Å². The van der Waals surface area contributed by atoms with Crippen molar-refractivity contribution in [1.82, 2.24) is 0 Å². The maximum atomic E-state index is 11.5. The topological polar surface area (TPSA) is 55.1 Å². The highest BCUT2D eigenvalue weighted by Gasteiger charge is 2.19. The van der Waals surface area contributed by atoms with Crippen molar-refractivity contribution >= 4 is 17.2 Å². The Morgan fingerprint density at radius 1 is 1.32 bits per heavy atom. The number of benzene rings is 1. The zero-order valence-electron chi connectivity index (χ0n) is 11.9. The number of nitrogen functional groups attached to an aromatic ring is 1. The van der Waals surface area contributed by atoms with E-state index in [1.54, 1.807) is 6.92 Å². The van der Waals surface area contributed by atoms with E-state index in [2.05, 4.69) is 12.2 Å². The van der Waals surface area contributed by atoms with Gasteiger partial charge in [-0.05, 0) is 56.7 Å². The van der Waals surface area contributed by atoms with Crippen molar-refractivity contribution in [3.63, 3.8) is 0 Å². The highest BCUT2D eigenvalue weighted by atomic mass is 16.1. The Balaban J connectivity index is 2.00. The number of hydrogen-bond donors (Lipinski definition) is 2. The number of anilines is 2. The number of nitrogens with two attached hydrogens (primary N) is 1. The molecule has 0 saturated heterocycles. The lowest BCUT2D eigenvalue weighted by molar-refractivity contribution is 0.101. The van der Waals surface area contributed by atoms with Gasteiger partial charge in [0.05, 0.1) is 0 Å². The van der Waals surface area contributed by atoms with E-state index >= 15 is 0 Å². The quantitative estimate of drug-likeness (QED) is 0.638. The number of ketones is 1. The highest BCUT2D eigenvalue weighted by Crippen LogP contribution is 2.29. The van der Waals surface area contributed by atoms with Gasteiger partial charge in [-0.3, -0.25) is 4.79 Å². The molecule has 1 aliphatic carbocycles. The Morgan fingerprint density at radius 2 is 2.00 bits per heavy atom. The summed E-state index contributed by atoms with van der Waals surface area (Å²) >= 11 is 0. The molecule has 0 radical (unpaired) electrons. The molecule has 0 heterocycles. The summed E-state index contributed by atoms with van der Waals surface area (Å²) in [6, 6.07) is 6.19. The summed E-state index contributed by atoms with van der Waals surface area (Å²) < 4.78 is 0. The van der Waals surface area contributed by atoms with Crippen LogP contribution in [0.1, 0.15) is 56.3 Å². The first-order valence-electron chi connectivity index (χ1n) is 7.27. The van der Waals surface area contributed by atoms with E-state index in [9.17, 15) is 4.79 Å². The molecule has 1 saturated carbocycles. The van der Waals surface area contributed by atoms with Gasteiger partial charge in [-0.15, -0.1) is 0 Å². The molecule has 1 aromatic rings. The molecule has 1 aliphatic rings. The largest absolute Gasteiger partial charge is 0.398 e. The van der Waals surface area contributed by atoms with Gasteiger partial charge in [-0.25, -0.2) is 0 Å². The van der Waals surface area contributed by atoms with Crippen LogP contribution in [-0.2, 0) is 0 Å². The second kappa shape index (κ2) is 6.09. The molecule has 3 N–H and O–H groups in total. The first-order valence-corrected chi connectivity index (χ1v) is 7.27. The normalized spacial score (nSPS) is 23.1. The fourth-order valence-electron chi connectivity index (χ4n) is 2.90. The van der Waals surface area contributed by atoms with Crippen LogP contribution in [0.15, 0.2) is 18.2 Å². The van der Waals surface area contributed by atoms with E-state index in [0.29, 0.717) is 17.3 Å². The smallest absolute Gasteiger partial charge is 0.161 e. The zero-order chi connectivity index (χ0) is 13.8. The average molecular weight is 260 g/mol. The molecule has 1 aromatic carbocycles. The molecule has 104 valence electrons. The van der Waals surface area contributed by atoms with Crippen molar-refractivity contribution in [3.05, 3.63) is 23.8 Å². The van der Waals surface area contributed by atoms with Gasteiger partial charge in [-0.1, -0.05) is 13.3 Å². The summed E-state index contributed by atoms with van der Waals surface area (Å²) in [6.07, 6.45) is 6.35. The summed E-state index contributed by atoms with van der Waals surface area (Å²) in [5, 5.41) is 3.54. The van der Waals surface area contributed by atoms with Gasteiger partial charge in [0.2, 0.25) is 0 Å². The van der Waals surface area contributed by atoms with E-state index < -0.39 is 0 Å². The van der Waals surface area contributed by atoms with Gasteiger partial charge in [-0.2, -0.15) is 0 Å². The van der Waals surface area contributed by atoms with Gasteiger partial charge in [0.15, 0.2) is 5.78 Å². The highest BCUT2D eigenvalue weighted by molar-refractivity contribution is 6.00. The number of nitrogens with one attached hydrogen (secondary N) is 1. The Kier molecular flexibility index (Phi) is 4.46. The molecule has 0 amide bonds. The SMILES string of the molecule is CCC1CCC(Nc2ccc(N)c(C(C)=O)c2)CC1. The summed E-state index contributed by atoms with van der Waals surface area (Å²) in [5.41, 5.74) is 8.00. The number of hydrogen-bond acceptors (Lipinski definition) is 3. The molecular formula is C16H24N2O. The summed E-state index contributed by atoms with van der Waals surface area (Å²) in [7, 11) is 0. The zero-order valence-corrected chi connectivity index (χ0v) is 11.9. The molecule has 0 aliphatic heterocycles. The molecule has 0 unspecified atom stereocenters. The van der Waals surface area contributed by atoms with Crippen molar-refractivity contribution in [2.45, 2.75) is 52.0 Å². The number of rotatable bonds is 4. The standard InChI is InChI=1S/C16H24N2O/c1-3-12-4-6-13(7-5-12)18-14-8-9-16(17)15(10-14)11(2)19/h8-10,12-13,18H,3-7,17H2,1-2H3. The van der Waals surface area contributed by atoms with Crippen molar-refractivity contribution < 1.29 is 4.79 Å². The maximum Gasteiger partial charge on any atom is 0.161 e. The average Bonchev–Trinajstić information content (AvgIpc) is 2.41. The van der Waals surface area contributed by atoms with E-state index in [0.717, 1.165) is 11.6 Å². The maximum absolute atomic E-state index is 11.5. The Hall–Kier alpha value is -1.51. The van der Waals surface area contributed by atoms with Gasteiger partial charge >= 0.3 is 0 Å². The summed E-state index contributed by atoms with van der Waals surface area (Å²) in [5.74, 6) is 0.924. The number of Topliss-reactive ketones (excluding diaryl/α,β-unsaturated/α-hetero) is 1. The van der Waals surface area contributed by atoms with Gasteiger partial charge < -0.3 is 11.1 Å². The van der Waals surface area contributed by atoms with E-state index in [1.165, 1.54) is 32.1 Å². The van der Waals surface area contributed by atoms with Crippen molar-refractivity contribution in [1.29, 1.82) is 0 Å². The molecule has 3 heteroatoms. The van der Waals surface area contributed by atoms with Crippen molar-refractivity contribution in [2.75, 3.05) is 11.1 Å². The lowest BCUT2D eigenvalue weighted by Gasteiger charge is -2.29. The molecular weight excluding hydrogens is 236 g/mol. The van der Waals surface area contributed by atoms with Gasteiger partial charge in [0.25, 0.3) is 0 Å². The van der Waals surface area contributed by atoms with E-state index in [1.807, 2.05) is 18.2 Å². The summed E-state index contributed by atoms with van der Waals surface area (Å²) in [4.78, 5) is 11.5. The molecule has 0 atom stereocenters. The predicted octanol–water partition coefficient (Wildman–Crippen LogP) is 3.85. The van der Waals surface area contributed by atoms with Crippen LogP contribution in [0.5, 0.6) is 0 Å². The third-order valence-corrected chi connectivity index (χ3v) is 4.23. The number of carbonyl (C=O) groups excluding carboxylic acids is 1. The van der Waals surface area contributed by atoms with Crippen LogP contribution in [0, 0.1) is 5.92 Å². The van der Waals surface area contributed by atoms with Crippen LogP contribution in [0.3, 0.4) is 0 Å². The second-order valence-electron chi connectivity index (χ2n) is 5.63. The van der Waals surface area contributed by atoms with E-state index in [4.69, 9.17) is 5.73 Å². The fraction of sp³-hybridized carbons (Fsp3) is 0.562. The van der Waals surface area contributed by atoms with Crippen LogP contribution in [0.4, 0.5) is 11.4 Å². The van der Waals surface area contributed by atoms with Crippen LogP contribution >= 0.6 is 0 Å². The Labute approximate surface area is 115 Å². The predicted molar refractivity (Wildman–Crippen MR) is 80.5 cm³/mol. The first kappa shape index (κ1) is 13.9. The van der Waals surface area contributed by atoms with Crippen molar-refractivity contribution in [3.8, 4) is 0 Å². The lowest BCUT2D eigenvalue weighted by atomic mass is 9.84. The fourth-order valence-corrected chi connectivity index (χ4v) is 2.90. The minimum atomic E-state index is 0.0239. The van der Waals surface area contributed by atoms with Crippen LogP contribution < -0.4 is 11.1 Å². The van der Waals surface area contributed by atoms with Gasteiger partial charge in [0, 0.05) is 23.0 Å². The molecule has 0 aromatic heterocycles. The molecule has 1 fully saturated rings. The van der Waals surface area contributed by atoms with Crippen molar-refractivity contribution in [2.24, 2.45) is 5.92 Å².